The Labute approximate surface area is 132 Å². The highest BCUT2D eigenvalue weighted by Gasteiger charge is 2.01. The lowest BCUT2D eigenvalue weighted by molar-refractivity contribution is -0.143. The summed E-state index contributed by atoms with van der Waals surface area (Å²) in [5, 5.41) is 16.6. The van der Waals surface area contributed by atoms with Crippen LogP contribution in [0, 0.1) is 22.7 Å². The molecular weight excluding hydrogens is 284 g/mol. The van der Waals surface area contributed by atoms with Crippen LogP contribution in [0.4, 0.5) is 0 Å². The lowest BCUT2D eigenvalue weighted by Gasteiger charge is -2.04. The van der Waals surface area contributed by atoms with Crippen molar-refractivity contribution < 1.29 is 19.1 Å². The quantitative estimate of drug-likeness (QED) is 0.383. The van der Waals surface area contributed by atoms with Gasteiger partial charge in [-0.15, -0.1) is 0 Å². The van der Waals surface area contributed by atoms with Crippen molar-refractivity contribution in [3.05, 3.63) is 0 Å². The molecular formula is C16H24N2O4. The van der Waals surface area contributed by atoms with Crippen LogP contribution >= 0.6 is 0 Å². The predicted octanol–water partition coefficient (Wildman–Crippen LogP) is 3.02. The first kappa shape index (κ1) is 19.9. The van der Waals surface area contributed by atoms with Gasteiger partial charge in [0.2, 0.25) is 0 Å². The predicted molar refractivity (Wildman–Crippen MR) is 79.3 cm³/mol. The van der Waals surface area contributed by atoms with Gasteiger partial charge < -0.3 is 9.47 Å². The molecule has 0 N–H and O–H groups in total. The molecule has 0 aliphatic rings. The maximum absolute atomic E-state index is 10.9. The lowest BCUT2D eigenvalue weighted by atomic mass is 10.1. The molecule has 6 heteroatoms. The van der Waals surface area contributed by atoms with Crippen molar-refractivity contribution in [2.75, 3.05) is 13.2 Å². The minimum atomic E-state index is -0.446. The summed E-state index contributed by atoms with van der Waals surface area (Å²) in [4.78, 5) is 21.8. The van der Waals surface area contributed by atoms with Crippen LogP contribution in [0.15, 0.2) is 0 Å². The van der Waals surface area contributed by atoms with Crippen molar-refractivity contribution in [2.24, 2.45) is 0 Å². The van der Waals surface area contributed by atoms with Crippen molar-refractivity contribution >= 4 is 11.9 Å². The number of nitrogens with zero attached hydrogens (tertiary/aromatic N) is 2. The fourth-order valence-corrected chi connectivity index (χ4v) is 1.87. The maximum atomic E-state index is 10.9. The van der Waals surface area contributed by atoms with Gasteiger partial charge in [-0.25, -0.2) is 0 Å². The summed E-state index contributed by atoms with van der Waals surface area (Å²) in [6, 6.07) is 3.51. The summed E-state index contributed by atoms with van der Waals surface area (Å²) in [5.41, 5.74) is 0. The van der Waals surface area contributed by atoms with Crippen LogP contribution in [-0.2, 0) is 19.1 Å². The zero-order chi connectivity index (χ0) is 16.5. The smallest absolute Gasteiger partial charge is 0.320 e. The molecule has 0 fully saturated rings. The fourth-order valence-electron chi connectivity index (χ4n) is 1.87. The number of carbonyl (C=O) groups is 2. The van der Waals surface area contributed by atoms with Crippen molar-refractivity contribution in [3.63, 3.8) is 0 Å². The van der Waals surface area contributed by atoms with E-state index in [1.807, 2.05) is 0 Å². The molecule has 0 bridgehead atoms. The standard InChI is InChI=1S/C16H24N2O4/c17-11-9-15(19)21-13-7-5-3-1-2-4-6-8-14-22-16(20)10-12-18/h1-10,13-14H2. The number of carbonyl (C=O) groups excluding carboxylic acids is 2. The normalized spacial score (nSPS) is 9.55. The van der Waals surface area contributed by atoms with E-state index in [0.717, 1.165) is 51.4 Å². The summed E-state index contributed by atoms with van der Waals surface area (Å²) in [6.45, 7) is 0.795. The fraction of sp³-hybridized carbons (Fsp3) is 0.750. The van der Waals surface area contributed by atoms with Gasteiger partial charge in [-0.1, -0.05) is 38.5 Å². The van der Waals surface area contributed by atoms with Gasteiger partial charge in [0, 0.05) is 0 Å². The Morgan fingerprint density at radius 2 is 0.955 bits per heavy atom. The van der Waals surface area contributed by atoms with Gasteiger partial charge in [-0.2, -0.15) is 10.5 Å². The maximum Gasteiger partial charge on any atom is 0.320 e. The minimum Gasteiger partial charge on any atom is -0.465 e. The van der Waals surface area contributed by atoms with E-state index in [1.54, 1.807) is 12.1 Å². The molecule has 0 aliphatic carbocycles. The Kier molecular flexibility index (Phi) is 13.9. The Balaban J connectivity index is 3.15. The molecule has 122 valence electrons. The van der Waals surface area contributed by atoms with Crippen molar-refractivity contribution in [2.45, 2.75) is 64.2 Å². The zero-order valence-electron chi connectivity index (χ0n) is 13.0. The third-order valence-corrected chi connectivity index (χ3v) is 3.01. The van der Waals surface area contributed by atoms with Gasteiger partial charge >= 0.3 is 11.9 Å². The molecule has 0 radical (unpaired) electrons. The molecule has 0 heterocycles. The number of ether oxygens (including phenoxy) is 2. The Morgan fingerprint density at radius 3 is 1.27 bits per heavy atom. The molecule has 0 unspecified atom stereocenters. The van der Waals surface area contributed by atoms with Gasteiger partial charge in [0.25, 0.3) is 0 Å². The largest absolute Gasteiger partial charge is 0.465 e. The second kappa shape index (κ2) is 15.3. The average molecular weight is 308 g/mol. The summed E-state index contributed by atoms with van der Waals surface area (Å²) < 4.78 is 9.74. The summed E-state index contributed by atoms with van der Waals surface area (Å²) >= 11 is 0. The number of hydrogen-bond acceptors (Lipinski definition) is 6. The highest BCUT2D eigenvalue weighted by Crippen LogP contribution is 2.09. The third-order valence-electron chi connectivity index (χ3n) is 3.01. The van der Waals surface area contributed by atoms with Gasteiger partial charge in [0.05, 0.1) is 25.4 Å². The molecule has 0 atom stereocenters. The summed E-state index contributed by atoms with van der Waals surface area (Å²) in [7, 11) is 0. The molecule has 0 aliphatic heterocycles. The number of rotatable bonds is 13. The molecule has 22 heavy (non-hydrogen) atoms. The molecule has 0 aromatic rings. The van der Waals surface area contributed by atoms with Gasteiger partial charge in [0.1, 0.15) is 12.8 Å². The van der Waals surface area contributed by atoms with Crippen LogP contribution in [0.5, 0.6) is 0 Å². The van der Waals surface area contributed by atoms with E-state index >= 15 is 0 Å². The van der Waals surface area contributed by atoms with Crippen LogP contribution in [0.2, 0.25) is 0 Å². The number of nitriles is 2. The van der Waals surface area contributed by atoms with Crippen LogP contribution in [0.1, 0.15) is 64.2 Å². The van der Waals surface area contributed by atoms with E-state index in [9.17, 15) is 9.59 Å². The molecule has 6 nitrogen and oxygen atoms in total. The topological polar surface area (TPSA) is 100 Å². The number of hydrogen-bond donors (Lipinski definition) is 0. The van der Waals surface area contributed by atoms with Gasteiger partial charge in [-0.05, 0) is 12.8 Å². The van der Waals surface area contributed by atoms with E-state index in [2.05, 4.69) is 0 Å². The number of unbranched alkanes of at least 4 members (excludes halogenated alkanes) is 7. The Morgan fingerprint density at radius 1 is 0.636 bits per heavy atom. The molecule has 0 amide bonds. The first-order valence-electron chi connectivity index (χ1n) is 7.76. The Hall–Kier alpha value is -2.08. The monoisotopic (exact) mass is 308 g/mol. The van der Waals surface area contributed by atoms with Gasteiger partial charge in [-0.3, -0.25) is 9.59 Å². The second-order valence-corrected chi connectivity index (χ2v) is 4.94. The molecule has 0 spiro atoms. The minimum absolute atomic E-state index is 0.175. The molecule has 0 saturated carbocycles. The summed E-state index contributed by atoms with van der Waals surface area (Å²) in [6.07, 6.45) is 7.85. The van der Waals surface area contributed by atoms with Crippen LogP contribution < -0.4 is 0 Å². The van der Waals surface area contributed by atoms with E-state index in [-0.39, 0.29) is 12.8 Å². The van der Waals surface area contributed by atoms with Crippen LogP contribution in [-0.4, -0.2) is 25.2 Å². The first-order valence-corrected chi connectivity index (χ1v) is 7.76. The van der Waals surface area contributed by atoms with Crippen molar-refractivity contribution in [1.82, 2.24) is 0 Å². The SMILES string of the molecule is N#CCC(=O)OCCCCCCCCCCOC(=O)CC#N. The molecule has 0 aromatic heterocycles. The van der Waals surface area contributed by atoms with E-state index in [1.165, 1.54) is 0 Å². The lowest BCUT2D eigenvalue weighted by Crippen LogP contribution is -2.04. The van der Waals surface area contributed by atoms with Crippen molar-refractivity contribution in [1.29, 1.82) is 10.5 Å². The summed E-state index contributed by atoms with van der Waals surface area (Å²) in [5.74, 6) is -0.893. The molecule has 0 saturated heterocycles. The van der Waals surface area contributed by atoms with Gasteiger partial charge in [0.15, 0.2) is 0 Å². The van der Waals surface area contributed by atoms with E-state index < -0.39 is 11.9 Å². The van der Waals surface area contributed by atoms with Crippen LogP contribution in [0.25, 0.3) is 0 Å². The number of esters is 2. The zero-order valence-corrected chi connectivity index (χ0v) is 13.0. The van der Waals surface area contributed by atoms with E-state index in [0.29, 0.717) is 13.2 Å². The highest BCUT2D eigenvalue weighted by molar-refractivity contribution is 5.72. The first-order chi connectivity index (χ1) is 10.7. The molecule has 0 aromatic carbocycles. The average Bonchev–Trinajstić information content (AvgIpc) is 2.49. The van der Waals surface area contributed by atoms with Crippen LogP contribution in [0.3, 0.4) is 0 Å². The second-order valence-electron chi connectivity index (χ2n) is 4.94. The Bertz CT molecular complexity index is 358. The third kappa shape index (κ3) is 14.3. The van der Waals surface area contributed by atoms with Crippen molar-refractivity contribution in [3.8, 4) is 12.1 Å². The highest BCUT2D eigenvalue weighted by atomic mass is 16.5. The molecule has 0 rings (SSSR count). The van der Waals surface area contributed by atoms with E-state index in [4.69, 9.17) is 20.0 Å².